The maximum Gasteiger partial charge on any atom is 0.112 e. The molecule has 1 aliphatic heterocycles. The van der Waals surface area contributed by atoms with Gasteiger partial charge in [-0.1, -0.05) is 18.2 Å². The monoisotopic (exact) mass is 398 g/mol. The van der Waals surface area contributed by atoms with Crippen LogP contribution in [0.15, 0.2) is 79.8 Å². The second-order valence-corrected chi connectivity index (χ2v) is 7.92. The Kier molecular flexibility index (Phi) is 5.40. The largest absolute Gasteiger partial charge is 0.329 e. The van der Waals surface area contributed by atoms with E-state index >= 15 is 0 Å². The lowest BCUT2D eigenvalue weighted by Gasteiger charge is -2.32. The molecule has 3 aromatic heterocycles. The summed E-state index contributed by atoms with van der Waals surface area (Å²) in [6, 6.07) is 14.8. The molecule has 0 saturated carbocycles. The van der Waals surface area contributed by atoms with Gasteiger partial charge in [0.1, 0.15) is 5.82 Å². The third-order valence-corrected chi connectivity index (χ3v) is 5.90. The lowest BCUT2D eigenvalue weighted by molar-refractivity contribution is 0.200. The summed E-state index contributed by atoms with van der Waals surface area (Å²) in [5, 5.41) is 0. The fourth-order valence-electron chi connectivity index (χ4n) is 4.27. The maximum absolute atomic E-state index is 4.69. The molecule has 4 aromatic rings. The first kappa shape index (κ1) is 18.8. The Morgan fingerprint density at radius 3 is 2.43 bits per heavy atom. The van der Waals surface area contributed by atoms with Gasteiger partial charge in [-0.25, -0.2) is 9.97 Å². The van der Waals surface area contributed by atoms with Gasteiger partial charge < -0.3 is 9.13 Å². The molecule has 0 bridgehead atoms. The van der Waals surface area contributed by atoms with Crippen LogP contribution in [-0.4, -0.2) is 42.1 Å². The van der Waals surface area contributed by atoms with Crippen molar-refractivity contribution in [1.29, 1.82) is 0 Å². The van der Waals surface area contributed by atoms with E-state index < -0.39 is 0 Å². The minimum absolute atomic E-state index is 0.517. The van der Waals surface area contributed by atoms with Crippen LogP contribution in [0, 0.1) is 0 Å². The molecular formula is C24H26N6. The van der Waals surface area contributed by atoms with Crippen molar-refractivity contribution in [2.75, 3.05) is 13.1 Å². The first-order chi connectivity index (χ1) is 14.8. The molecular weight excluding hydrogens is 372 g/mol. The summed E-state index contributed by atoms with van der Waals surface area (Å²) in [5.41, 5.74) is 3.58. The lowest BCUT2D eigenvalue weighted by Crippen LogP contribution is -2.33. The van der Waals surface area contributed by atoms with Crippen LogP contribution in [0.5, 0.6) is 0 Å². The third-order valence-electron chi connectivity index (χ3n) is 5.90. The molecule has 1 aliphatic rings. The Balaban J connectivity index is 1.18. The number of hydrogen-bond acceptors (Lipinski definition) is 4. The first-order valence-electron chi connectivity index (χ1n) is 10.6. The molecule has 4 heterocycles. The van der Waals surface area contributed by atoms with Gasteiger partial charge in [0, 0.05) is 49.1 Å². The minimum Gasteiger partial charge on any atom is -0.329 e. The van der Waals surface area contributed by atoms with Gasteiger partial charge in [0.25, 0.3) is 0 Å². The fourth-order valence-corrected chi connectivity index (χ4v) is 4.27. The van der Waals surface area contributed by atoms with Crippen molar-refractivity contribution in [3.05, 3.63) is 96.9 Å². The van der Waals surface area contributed by atoms with Crippen molar-refractivity contribution < 1.29 is 0 Å². The lowest BCUT2D eigenvalue weighted by atomic mass is 9.95. The SMILES string of the molecule is c1ccc(Cn2ccnc2C2CCN(Cc3ccc(-n4ccnc4)cc3)CC2)nc1. The molecule has 0 amide bonds. The predicted molar refractivity (Wildman–Crippen MR) is 116 cm³/mol. The van der Waals surface area contributed by atoms with Gasteiger partial charge in [0.05, 0.1) is 18.6 Å². The number of imidazole rings is 2. The van der Waals surface area contributed by atoms with E-state index in [9.17, 15) is 0 Å². The van der Waals surface area contributed by atoms with Crippen molar-refractivity contribution in [2.24, 2.45) is 0 Å². The second kappa shape index (κ2) is 8.63. The molecule has 30 heavy (non-hydrogen) atoms. The van der Waals surface area contributed by atoms with E-state index in [0.717, 1.165) is 50.4 Å². The normalized spacial score (nSPS) is 15.5. The van der Waals surface area contributed by atoms with Crippen molar-refractivity contribution in [3.63, 3.8) is 0 Å². The van der Waals surface area contributed by atoms with Crippen LogP contribution in [0.4, 0.5) is 0 Å². The number of piperidine rings is 1. The van der Waals surface area contributed by atoms with Gasteiger partial charge >= 0.3 is 0 Å². The standard InChI is InChI=1S/C24H26N6/c1-2-10-26-22(3-1)18-29-16-12-27-24(29)21-8-13-28(14-9-21)17-20-4-6-23(7-5-20)30-15-11-25-19-30/h1-7,10-12,15-16,19,21H,8-9,13-14,17-18H2. The molecule has 152 valence electrons. The maximum atomic E-state index is 4.69. The summed E-state index contributed by atoms with van der Waals surface area (Å²) in [6.45, 7) is 3.99. The molecule has 1 aromatic carbocycles. The average Bonchev–Trinajstić information content (AvgIpc) is 3.48. The molecule has 1 fully saturated rings. The van der Waals surface area contributed by atoms with Crippen LogP contribution < -0.4 is 0 Å². The van der Waals surface area contributed by atoms with E-state index in [1.807, 2.05) is 41.6 Å². The second-order valence-electron chi connectivity index (χ2n) is 7.92. The van der Waals surface area contributed by atoms with Crippen LogP contribution in [-0.2, 0) is 13.1 Å². The van der Waals surface area contributed by atoms with E-state index in [-0.39, 0.29) is 0 Å². The molecule has 0 unspecified atom stereocenters. The van der Waals surface area contributed by atoms with E-state index in [2.05, 4.69) is 60.9 Å². The number of pyridine rings is 1. The predicted octanol–water partition coefficient (Wildman–Crippen LogP) is 3.89. The number of hydrogen-bond donors (Lipinski definition) is 0. The number of likely N-dealkylation sites (tertiary alicyclic amines) is 1. The Bertz CT molecular complexity index is 1040. The van der Waals surface area contributed by atoms with Crippen molar-refractivity contribution in [1.82, 2.24) is 29.0 Å². The number of benzene rings is 1. The van der Waals surface area contributed by atoms with Crippen LogP contribution in [0.1, 0.15) is 35.8 Å². The van der Waals surface area contributed by atoms with Gasteiger partial charge in [-0.2, -0.15) is 0 Å². The summed E-state index contributed by atoms with van der Waals surface area (Å²) < 4.78 is 4.29. The van der Waals surface area contributed by atoms with Crippen molar-refractivity contribution in [2.45, 2.75) is 31.8 Å². The highest BCUT2D eigenvalue weighted by atomic mass is 15.1. The van der Waals surface area contributed by atoms with E-state index in [0.29, 0.717) is 5.92 Å². The molecule has 0 radical (unpaired) electrons. The zero-order valence-corrected chi connectivity index (χ0v) is 17.0. The zero-order chi connectivity index (χ0) is 20.2. The van der Waals surface area contributed by atoms with Crippen LogP contribution in [0.25, 0.3) is 5.69 Å². The highest BCUT2D eigenvalue weighted by molar-refractivity contribution is 5.34. The molecule has 0 aliphatic carbocycles. The van der Waals surface area contributed by atoms with Crippen LogP contribution in [0.2, 0.25) is 0 Å². The molecule has 6 heteroatoms. The molecule has 5 rings (SSSR count). The Morgan fingerprint density at radius 1 is 0.833 bits per heavy atom. The number of nitrogens with zero attached hydrogens (tertiary/aromatic N) is 6. The molecule has 0 N–H and O–H groups in total. The quantitative estimate of drug-likeness (QED) is 0.494. The van der Waals surface area contributed by atoms with E-state index in [1.54, 1.807) is 6.20 Å². The molecule has 0 atom stereocenters. The zero-order valence-electron chi connectivity index (χ0n) is 17.0. The average molecular weight is 399 g/mol. The highest BCUT2D eigenvalue weighted by Gasteiger charge is 2.24. The van der Waals surface area contributed by atoms with Crippen LogP contribution in [0.3, 0.4) is 0 Å². The van der Waals surface area contributed by atoms with Crippen molar-refractivity contribution in [3.8, 4) is 5.69 Å². The first-order valence-corrected chi connectivity index (χ1v) is 10.6. The molecule has 1 saturated heterocycles. The summed E-state index contributed by atoms with van der Waals surface area (Å²) in [5.74, 6) is 1.72. The van der Waals surface area contributed by atoms with Gasteiger partial charge in [-0.15, -0.1) is 0 Å². The van der Waals surface area contributed by atoms with Crippen molar-refractivity contribution >= 4 is 0 Å². The van der Waals surface area contributed by atoms with Crippen LogP contribution >= 0.6 is 0 Å². The fraction of sp³-hybridized carbons (Fsp3) is 0.292. The summed E-state index contributed by atoms with van der Waals surface area (Å²) >= 11 is 0. The Morgan fingerprint density at radius 2 is 1.70 bits per heavy atom. The smallest absolute Gasteiger partial charge is 0.112 e. The minimum atomic E-state index is 0.517. The topological polar surface area (TPSA) is 51.8 Å². The summed E-state index contributed by atoms with van der Waals surface area (Å²) in [4.78, 5) is 15.8. The third kappa shape index (κ3) is 4.19. The summed E-state index contributed by atoms with van der Waals surface area (Å²) in [6.07, 6.45) is 13.8. The highest BCUT2D eigenvalue weighted by Crippen LogP contribution is 2.28. The van der Waals surface area contributed by atoms with Gasteiger partial charge in [0.15, 0.2) is 0 Å². The van der Waals surface area contributed by atoms with Gasteiger partial charge in [0.2, 0.25) is 0 Å². The number of rotatable bonds is 6. The van der Waals surface area contributed by atoms with Gasteiger partial charge in [-0.3, -0.25) is 9.88 Å². The molecule has 0 spiro atoms. The molecule has 6 nitrogen and oxygen atoms in total. The Hall–Kier alpha value is -3.25. The summed E-state index contributed by atoms with van der Waals surface area (Å²) in [7, 11) is 0. The van der Waals surface area contributed by atoms with Gasteiger partial charge in [-0.05, 0) is 55.8 Å². The number of aromatic nitrogens is 5. The van der Waals surface area contributed by atoms with E-state index in [1.165, 1.54) is 11.4 Å². The van der Waals surface area contributed by atoms with E-state index in [4.69, 9.17) is 0 Å². The Labute approximate surface area is 176 Å².